The summed E-state index contributed by atoms with van der Waals surface area (Å²) in [6.07, 6.45) is 6.32. The third-order valence-corrected chi connectivity index (χ3v) is 6.36. The quantitative estimate of drug-likeness (QED) is 0.622. The van der Waals surface area contributed by atoms with E-state index >= 15 is 0 Å². The number of aryl methyl sites for hydroxylation is 2. The van der Waals surface area contributed by atoms with Gasteiger partial charge in [0.05, 0.1) is 11.9 Å². The molecule has 1 aliphatic heterocycles. The molecular formula is C19H23N5O4S. The van der Waals surface area contributed by atoms with Gasteiger partial charge in [-0.25, -0.2) is 13.4 Å². The van der Waals surface area contributed by atoms with Crippen molar-refractivity contribution in [3.05, 3.63) is 41.9 Å². The number of sulfone groups is 1. The molecule has 3 aromatic heterocycles. The lowest BCUT2D eigenvalue weighted by molar-refractivity contribution is -0.132. The van der Waals surface area contributed by atoms with Crippen LogP contribution in [0.25, 0.3) is 5.78 Å². The monoisotopic (exact) mass is 417 g/mol. The largest absolute Gasteiger partial charge is 0.466 e. The van der Waals surface area contributed by atoms with Crippen LogP contribution >= 0.6 is 0 Å². The first kappa shape index (κ1) is 19.6. The van der Waals surface area contributed by atoms with Gasteiger partial charge in [-0.3, -0.25) is 4.79 Å². The van der Waals surface area contributed by atoms with Gasteiger partial charge in [0, 0.05) is 38.1 Å². The summed E-state index contributed by atoms with van der Waals surface area (Å²) in [4.78, 5) is 22.9. The minimum Gasteiger partial charge on any atom is -0.466 e. The van der Waals surface area contributed by atoms with Crippen LogP contribution in [0.3, 0.4) is 0 Å². The SMILES string of the molecule is Cc1ccc(CCC(=O)N2CCC[C@H](c3c(S(C)(=O)=O)cnc4ncnn34)C2)o1. The van der Waals surface area contributed by atoms with Crippen molar-refractivity contribution < 1.29 is 17.6 Å². The molecule has 1 fully saturated rings. The van der Waals surface area contributed by atoms with E-state index in [4.69, 9.17) is 4.42 Å². The number of hydrogen-bond donors (Lipinski definition) is 0. The first-order chi connectivity index (χ1) is 13.8. The molecule has 1 atom stereocenters. The van der Waals surface area contributed by atoms with Crippen LogP contribution in [0, 0.1) is 6.92 Å². The molecule has 1 saturated heterocycles. The zero-order chi connectivity index (χ0) is 20.6. The molecule has 10 heteroatoms. The zero-order valence-electron chi connectivity index (χ0n) is 16.4. The number of nitrogens with zero attached hydrogens (tertiary/aromatic N) is 5. The van der Waals surface area contributed by atoms with Crippen molar-refractivity contribution in [3.63, 3.8) is 0 Å². The molecule has 0 N–H and O–H groups in total. The van der Waals surface area contributed by atoms with Gasteiger partial charge in [-0.15, -0.1) is 0 Å². The van der Waals surface area contributed by atoms with Gasteiger partial charge in [-0.2, -0.15) is 14.6 Å². The van der Waals surface area contributed by atoms with Gasteiger partial charge < -0.3 is 9.32 Å². The van der Waals surface area contributed by atoms with Gasteiger partial charge in [0.15, 0.2) is 9.84 Å². The lowest BCUT2D eigenvalue weighted by atomic mass is 9.94. The maximum atomic E-state index is 12.8. The Labute approximate surface area is 168 Å². The number of carbonyl (C=O) groups excluding carboxylic acids is 1. The maximum Gasteiger partial charge on any atom is 0.252 e. The summed E-state index contributed by atoms with van der Waals surface area (Å²) in [7, 11) is -3.50. The van der Waals surface area contributed by atoms with Crippen LogP contribution in [0.5, 0.6) is 0 Å². The van der Waals surface area contributed by atoms with E-state index in [1.807, 2.05) is 19.1 Å². The van der Waals surface area contributed by atoms with Crippen LogP contribution < -0.4 is 0 Å². The number of aromatic nitrogens is 4. The van der Waals surface area contributed by atoms with Crippen molar-refractivity contribution >= 4 is 21.5 Å². The number of fused-ring (bicyclic) bond motifs is 1. The highest BCUT2D eigenvalue weighted by Gasteiger charge is 2.31. The number of rotatable bonds is 5. The molecule has 4 heterocycles. The van der Waals surface area contributed by atoms with Crippen LogP contribution in [-0.2, 0) is 21.1 Å². The van der Waals surface area contributed by atoms with Gasteiger partial charge in [0.2, 0.25) is 5.91 Å². The Balaban J connectivity index is 1.57. The average molecular weight is 417 g/mol. The Morgan fingerprint density at radius 3 is 2.86 bits per heavy atom. The Morgan fingerprint density at radius 1 is 1.31 bits per heavy atom. The van der Waals surface area contributed by atoms with Gasteiger partial charge in [0.25, 0.3) is 5.78 Å². The van der Waals surface area contributed by atoms with E-state index in [1.165, 1.54) is 17.0 Å². The van der Waals surface area contributed by atoms with Crippen LogP contribution in [-0.4, -0.2) is 58.2 Å². The maximum absolute atomic E-state index is 12.8. The molecule has 0 aliphatic carbocycles. The minimum absolute atomic E-state index is 0.0357. The molecule has 0 radical (unpaired) electrons. The third kappa shape index (κ3) is 4.02. The summed E-state index contributed by atoms with van der Waals surface area (Å²) in [5, 5.41) is 4.18. The molecule has 1 aliphatic rings. The van der Waals surface area contributed by atoms with E-state index < -0.39 is 9.84 Å². The number of carbonyl (C=O) groups is 1. The molecule has 0 saturated carbocycles. The average Bonchev–Trinajstić information content (AvgIpc) is 3.33. The van der Waals surface area contributed by atoms with Crippen molar-refractivity contribution in [1.82, 2.24) is 24.5 Å². The van der Waals surface area contributed by atoms with Crippen molar-refractivity contribution in [2.75, 3.05) is 19.3 Å². The molecule has 0 aromatic carbocycles. The molecule has 4 rings (SSSR count). The fraction of sp³-hybridized carbons (Fsp3) is 0.474. The number of amides is 1. The highest BCUT2D eigenvalue weighted by molar-refractivity contribution is 7.90. The fourth-order valence-electron chi connectivity index (χ4n) is 3.87. The summed E-state index contributed by atoms with van der Waals surface area (Å²) in [6.45, 7) is 2.98. The van der Waals surface area contributed by atoms with Gasteiger partial charge >= 0.3 is 0 Å². The Bertz CT molecular complexity index is 1150. The molecule has 0 spiro atoms. The second kappa shape index (κ2) is 7.58. The first-order valence-corrected chi connectivity index (χ1v) is 11.4. The highest BCUT2D eigenvalue weighted by Crippen LogP contribution is 2.31. The van der Waals surface area contributed by atoms with Crippen molar-refractivity contribution in [2.45, 2.75) is 43.4 Å². The van der Waals surface area contributed by atoms with E-state index in [0.717, 1.165) is 30.6 Å². The van der Waals surface area contributed by atoms with E-state index in [-0.39, 0.29) is 16.7 Å². The first-order valence-electron chi connectivity index (χ1n) is 9.54. The summed E-state index contributed by atoms with van der Waals surface area (Å²) < 4.78 is 31.7. The van der Waals surface area contributed by atoms with Crippen LogP contribution in [0.4, 0.5) is 0 Å². The van der Waals surface area contributed by atoms with E-state index in [2.05, 4.69) is 15.1 Å². The van der Waals surface area contributed by atoms with Crippen molar-refractivity contribution in [2.24, 2.45) is 0 Å². The van der Waals surface area contributed by atoms with Gasteiger partial charge in [0.1, 0.15) is 22.7 Å². The number of likely N-dealkylation sites (tertiary alicyclic amines) is 1. The predicted molar refractivity (Wildman–Crippen MR) is 104 cm³/mol. The summed E-state index contributed by atoms with van der Waals surface area (Å²) in [6, 6.07) is 3.77. The van der Waals surface area contributed by atoms with Crippen molar-refractivity contribution in [1.29, 1.82) is 0 Å². The Kier molecular flexibility index (Phi) is 5.12. The lowest BCUT2D eigenvalue weighted by Crippen LogP contribution is -2.40. The van der Waals surface area contributed by atoms with E-state index in [0.29, 0.717) is 37.4 Å². The third-order valence-electron chi connectivity index (χ3n) is 5.25. The standard InChI is InChI=1S/C19H23N5O4S/c1-13-5-6-15(28-13)7-8-17(25)23-9-3-4-14(11-23)18-16(29(2,26)27)10-20-19-21-12-22-24(18)19/h5-6,10,12,14H,3-4,7-9,11H2,1-2H3/t14-/m0/s1. The minimum atomic E-state index is -3.50. The van der Waals surface area contributed by atoms with E-state index in [1.54, 1.807) is 4.90 Å². The molecule has 0 unspecified atom stereocenters. The summed E-state index contributed by atoms with van der Waals surface area (Å²) >= 11 is 0. The number of piperidine rings is 1. The molecule has 29 heavy (non-hydrogen) atoms. The summed E-state index contributed by atoms with van der Waals surface area (Å²) in [5.74, 6) is 1.85. The molecule has 1 amide bonds. The second-order valence-electron chi connectivity index (χ2n) is 7.44. The van der Waals surface area contributed by atoms with Crippen LogP contribution in [0.2, 0.25) is 0 Å². The normalized spacial score (nSPS) is 17.7. The van der Waals surface area contributed by atoms with Gasteiger partial charge in [-0.05, 0) is 31.9 Å². The number of furan rings is 1. The smallest absolute Gasteiger partial charge is 0.252 e. The van der Waals surface area contributed by atoms with Crippen LogP contribution in [0.15, 0.2) is 34.0 Å². The molecular weight excluding hydrogens is 394 g/mol. The predicted octanol–water partition coefficient (Wildman–Crippen LogP) is 1.77. The number of hydrogen-bond acceptors (Lipinski definition) is 7. The second-order valence-corrected chi connectivity index (χ2v) is 9.43. The molecule has 154 valence electrons. The van der Waals surface area contributed by atoms with Crippen molar-refractivity contribution in [3.8, 4) is 0 Å². The Morgan fingerprint density at radius 2 is 2.14 bits per heavy atom. The topological polar surface area (TPSA) is 111 Å². The lowest BCUT2D eigenvalue weighted by Gasteiger charge is -2.33. The molecule has 0 bridgehead atoms. The molecule has 9 nitrogen and oxygen atoms in total. The van der Waals surface area contributed by atoms with E-state index in [9.17, 15) is 13.2 Å². The Hall–Kier alpha value is -2.75. The molecule has 3 aromatic rings. The summed E-state index contributed by atoms with van der Waals surface area (Å²) in [5.41, 5.74) is 0.550. The van der Waals surface area contributed by atoms with Gasteiger partial charge in [-0.1, -0.05) is 0 Å². The zero-order valence-corrected chi connectivity index (χ0v) is 17.2. The fourth-order valence-corrected chi connectivity index (χ4v) is 4.75. The highest BCUT2D eigenvalue weighted by atomic mass is 32.2. The van der Waals surface area contributed by atoms with Crippen LogP contribution in [0.1, 0.15) is 42.4 Å².